The largest absolute Gasteiger partial charge is 0.339 e. The molecule has 0 spiro atoms. The first-order chi connectivity index (χ1) is 11.5. The lowest BCUT2D eigenvalue weighted by Crippen LogP contribution is -2.30. The minimum absolute atomic E-state index is 0.0321. The highest BCUT2D eigenvalue weighted by Gasteiger charge is 2.16. The first-order valence-electron chi connectivity index (χ1n) is 7.49. The molecule has 2 amide bonds. The lowest BCUT2D eigenvalue weighted by atomic mass is 10.1. The van der Waals surface area contributed by atoms with Crippen molar-refractivity contribution < 1.29 is 9.59 Å². The molecule has 0 aliphatic heterocycles. The number of carbonyl (C=O) groups is 2. The topological polar surface area (TPSA) is 62.3 Å². The van der Waals surface area contributed by atoms with E-state index in [-0.39, 0.29) is 21.8 Å². The van der Waals surface area contributed by atoms with Crippen LogP contribution in [0.5, 0.6) is 0 Å². The fraction of sp³-hybridized carbons (Fsp3) is 0.235. The normalized spacial score (nSPS) is 10.3. The molecule has 1 N–H and O–H groups in total. The lowest BCUT2D eigenvalue weighted by Gasteiger charge is -2.19. The maximum Gasteiger partial charge on any atom is 0.275 e. The van der Waals surface area contributed by atoms with Crippen molar-refractivity contribution in [1.82, 2.24) is 9.88 Å². The van der Waals surface area contributed by atoms with E-state index in [0.717, 1.165) is 0 Å². The molecule has 1 aromatic carbocycles. The average molecular weight is 366 g/mol. The summed E-state index contributed by atoms with van der Waals surface area (Å²) in [7, 11) is 0. The molecule has 2 rings (SSSR count). The number of carbonyl (C=O) groups excluding carboxylic acids is 2. The van der Waals surface area contributed by atoms with Gasteiger partial charge in [0.15, 0.2) is 0 Å². The van der Waals surface area contributed by atoms with Gasteiger partial charge in [0.1, 0.15) is 10.8 Å². The van der Waals surface area contributed by atoms with Crippen LogP contribution < -0.4 is 5.32 Å². The lowest BCUT2D eigenvalue weighted by molar-refractivity contribution is 0.0772. The molecule has 0 atom stereocenters. The molecular formula is C17H17Cl2N3O2. The Balaban J connectivity index is 2.22. The molecule has 0 fully saturated rings. The molecule has 7 heteroatoms. The van der Waals surface area contributed by atoms with E-state index < -0.39 is 5.91 Å². The van der Waals surface area contributed by atoms with E-state index in [1.165, 1.54) is 12.1 Å². The van der Waals surface area contributed by atoms with Crippen molar-refractivity contribution in [3.63, 3.8) is 0 Å². The molecule has 1 aromatic heterocycles. The molecule has 0 radical (unpaired) electrons. The number of hydrogen-bond donors (Lipinski definition) is 1. The minimum atomic E-state index is -0.491. The van der Waals surface area contributed by atoms with E-state index in [2.05, 4.69) is 10.3 Å². The van der Waals surface area contributed by atoms with Gasteiger partial charge in [-0.3, -0.25) is 9.59 Å². The van der Waals surface area contributed by atoms with Gasteiger partial charge in [-0.1, -0.05) is 29.3 Å². The van der Waals surface area contributed by atoms with Crippen LogP contribution in [0.4, 0.5) is 5.69 Å². The van der Waals surface area contributed by atoms with Crippen molar-refractivity contribution in [2.45, 2.75) is 13.8 Å². The quantitative estimate of drug-likeness (QED) is 0.810. The molecule has 5 nitrogen and oxygen atoms in total. The van der Waals surface area contributed by atoms with Crippen molar-refractivity contribution in [3.05, 3.63) is 57.8 Å². The zero-order valence-electron chi connectivity index (χ0n) is 13.3. The van der Waals surface area contributed by atoms with Crippen molar-refractivity contribution in [2.24, 2.45) is 0 Å². The second-order valence-electron chi connectivity index (χ2n) is 4.98. The van der Waals surface area contributed by atoms with Gasteiger partial charge in [0.2, 0.25) is 0 Å². The first-order valence-corrected chi connectivity index (χ1v) is 8.24. The number of anilines is 1. The Kier molecular flexibility index (Phi) is 6.17. The second-order valence-corrected chi connectivity index (χ2v) is 5.77. The van der Waals surface area contributed by atoms with Gasteiger partial charge in [0, 0.05) is 24.3 Å². The van der Waals surface area contributed by atoms with Crippen LogP contribution in [0.3, 0.4) is 0 Å². The number of amides is 2. The van der Waals surface area contributed by atoms with E-state index >= 15 is 0 Å². The number of nitrogens with zero attached hydrogens (tertiary/aromatic N) is 2. The average Bonchev–Trinajstić information content (AvgIpc) is 2.58. The summed E-state index contributed by atoms with van der Waals surface area (Å²) in [5.74, 6) is -0.579. The molecule has 0 bridgehead atoms. The van der Waals surface area contributed by atoms with Gasteiger partial charge in [-0.25, -0.2) is 4.98 Å². The van der Waals surface area contributed by atoms with Gasteiger partial charge in [0.25, 0.3) is 11.8 Å². The molecule has 24 heavy (non-hydrogen) atoms. The molecule has 1 heterocycles. The molecule has 2 aromatic rings. The summed E-state index contributed by atoms with van der Waals surface area (Å²) in [5, 5.41) is 3.06. The predicted octanol–water partition coefficient (Wildman–Crippen LogP) is 4.12. The number of aromatic nitrogens is 1. The number of halogens is 2. The van der Waals surface area contributed by atoms with Gasteiger partial charge < -0.3 is 10.2 Å². The predicted molar refractivity (Wildman–Crippen MR) is 95.9 cm³/mol. The minimum Gasteiger partial charge on any atom is -0.339 e. The third kappa shape index (κ3) is 4.24. The Hall–Kier alpha value is -2.11. The zero-order valence-corrected chi connectivity index (χ0v) is 14.9. The first kappa shape index (κ1) is 18.2. The number of benzene rings is 1. The van der Waals surface area contributed by atoms with Crippen molar-refractivity contribution in [2.75, 3.05) is 18.4 Å². The van der Waals surface area contributed by atoms with Crippen LogP contribution in [-0.2, 0) is 0 Å². The third-order valence-electron chi connectivity index (χ3n) is 3.45. The Morgan fingerprint density at radius 2 is 1.83 bits per heavy atom. The number of nitrogens with one attached hydrogen (secondary N) is 1. The van der Waals surface area contributed by atoms with Crippen LogP contribution in [0.2, 0.25) is 10.2 Å². The summed E-state index contributed by atoms with van der Waals surface area (Å²) in [5.41, 5.74) is 1.02. The molecule has 0 saturated heterocycles. The van der Waals surface area contributed by atoms with Gasteiger partial charge in [-0.05, 0) is 44.2 Å². The second kappa shape index (κ2) is 8.13. The van der Waals surface area contributed by atoms with Crippen LogP contribution in [-0.4, -0.2) is 34.8 Å². The van der Waals surface area contributed by atoms with Crippen molar-refractivity contribution in [3.8, 4) is 0 Å². The third-order valence-corrected chi connectivity index (χ3v) is 3.96. The Morgan fingerprint density at radius 1 is 1.12 bits per heavy atom. The van der Waals surface area contributed by atoms with Crippen LogP contribution in [0, 0.1) is 0 Å². The van der Waals surface area contributed by atoms with Gasteiger partial charge in [-0.2, -0.15) is 0 Å². The number of rotatable bonds is 5. The molecule has 126 valence electrons. The highest BCUT2D eigenvalue weighted by Crippen LogP contribution is 2.19. The van der Waals surface area contributed by atoms with Crippen LogP contribution >= 0.6 is 23.2 Å². The zero-order chi connectivity index (χ0) is 17.7. The highest BCUT2D eigenvalue weighted by atomic mass is 35.5. The summed E-state index contributed by atoms with van der Waals surface area (Å²) in [4.78, 5) is 30.3. The molecule has 0 aliphatic rings. The number of hydrogen-bond acceptors (Lipinski definition) is 3. The smallest absolute Gasteiger partial charge is 0.275 e. The fourth-order valence-corrected chi connectivity index (χ4v) is 2.53. The molecule has 0 saturated carbocycles. The van der Waals surface area contributed by atoms with Crippen molar-refractivity contribution in [1.29, 1.82) is 0 Å². The van der Waals surface area contributed by atoms with E-state index in [1.807, 2.05) is 13.8 Å². The number of pyridine rings is 1. The van der Waals surface area contributed by atoms with Gasteiger partial charge in [-0.15, -0.1) is 0 Å². The Labute approximate surface area is 150 Å². The van der Waals surface area contributed by atoms with Crippen LogP contribution in [0.1, 0.15) is 34.7 Å². The highest BCUT2D eigenvalue weighted by molar-refractivity contribution is 6.35. The van der Waals surface area contributed by atoms with E-state index in [0.29, 0.717) is 24.3 Å². The van der Waals surface area contributed by atoms with Crippen molar-refractivity contribution >= 4 is 40.7 Å². The van der Waals surface area contributed by atoms with Crippen LogP contribution in [0.25, 0.3) is 0 Å². The fourth-order valence-electron chi connectivity index (χ4n) is 2.19. The Bertz CT molecular complexity index is 761. The van der Waals surface area contributed by atoms with E-state index in [4.69, 9.17) is 23.2 Å². The molecule has 0 aliphatic carbocycles. The maximum atomic E-state index is 12.4. The summed E-state index contributed by atoms with van der Waals surface area (Å²) < 4.78 is 0. The SMILES string of the molecule is CCN(CC)C(=O)c1cccc(NC(=O)c2nc(Cl)ccc2Cl)c1. The summed E-state index contributed by atoms with van der Waals surface area (Å²) in [6.07, 6.45) is 0. The van der Waals surface area contributed by atoms with E-state index in [1.54, 1.807) is 29.2 Å². The molecule has 0 unspecified atom stereocenters. The molecular weight excluding hydrogens is 349 g/mol. The van der Waals surface area contributed by atoms with Gasteiger partial charge in [0.05, 0.1) is 5.02 Å². The Morgan fingerprint density at radius 3 is 2.50 bits per heavy atom. The standard InChI is InChI=1S/C17H17Cl2N3O2/c1-3-22(4-2)17(24)11-6-5-7-12(10-11)20-16(23)15-13(18)8-9-14(19)21-15/h5-10H,3-4H2,1-2H3,(H,20,23). The van der Waals surface area contributed by atoms with E-state index in [9.17, 15) is 9.59 Å². The summed E-state index contributed by atoms with van der Waals surface area (Å²) in [6.45, 7) is 5.07. The monoisotopic (exact) mass is 365 g/mol. The maximum absolute atomic E-state index is 12.4. The summed E-state index contributed by atoms with van der Waals surface area (Å²) in [6, 6.07) is 9.74. The summed E-state index contributed by atoms with van der Waals surface area (Å²) >= 11 is 11.8. The van der Waals surface area contributed by atoms with Crippen LogP contribution in [0.15, 0.2) is 36.4 Å². The van der Waals surface area contributed by atoms with Gasteiger partial charge >= 0.3 is 0 Å².